The van der Waals surface area contributed by atoms with E-state index >= 15 is 0 Å². The zero-order valence-electron chi connectivity index (χ0n) is 12.7. The Morgan fingerprint density at radius 1 is 1.50 bits per heavy atom. The zero-order valence-corrected chi connectivity index (χ0v) is 12.7. The second kappa shape index (κ2) is 4.60. The van der Waals surface area contributed by atoms with Crippen molar-refractivity contribution in [2.75, 3.05) is 19.6 Å². The topological polar surface area (TPSA) is 61.8 Å². The monoisotopic (exact) mass is 282 g/mol. The fourth-order valence-corrected chi connectivity index (χ4v) is 3.91. The van der Waals surface area contributed by atoms with Crippen LogP contribution in [0.1, 0.15) is 40.0 Å². The molecular formula is C15H26N2O3. The number of hydrogen-bond donors (Lipinski definition) is 2. The van der Waals surface area contributed by atoms with Crippen LogP contribution >= 0.6 is 0 Å². The van der Waals surface area contributed by atoms with Crippen LogP contribution in [0.4, 0.5) is 4.79 Å². The normalized spacial score (nSPS) is 39.8. The molecule has 0 aromatic carbocycles. The first-order valence-corrected chi connectivity index (χ1v) is 7.70. The van der Waals surface area contributed by atoms with Gasteiger partial charge >= 0.3 is 6.09 Å². The summed E-state index contributed by atoms with van der Waals surface area (Å²) in [5.41, 5.74) is -1.00. The van der Waals surface area contributed by atoms with Gasteiger partial charge in [-0.25, -0.2) is 4.79 Å². The molecule has 1 amide bonds. The Bertz CT molecular complexity index is 398. The Kier molecular flexibility index (Phi) is 3.25. The number of fused-ring (bicyclic) bond motifs is 1. The molecule has 0 radical (unpaired) electrons. The molecule has 4 rings (SSSR count). The minimum Gasteiger partial charge on any atom is -0.444 e. The highest BCUT2D eigenvalue weighted by Gasteiger charge is 2.56. The van der Waals surface area contributed by atoms with Crippen LogP contribution < -0.4 is 5.32 Å². The highest BCUT2D eigenvalue weighted by atomic mass is 16.6. The third-order valence-electron chi connectivity index (χ3n) is 4.94. The van der Waals surface area contributed by atoms with Crippen molar-refractivity contribution in [1.29, 1.82) is 0 Å². The molecule has 114 valence electrons. The summed E-state index contributed by atoms with van der Waals surface area (Å²) in [6.07, 6.45) is 2.53. The molecule has 1 saturated carbocycles. The average Bonchev–Trinajstić information content (AvgIpc) is 2.97. The number of aliphatic hydroxyl groups is 1. The van der Waals surface area contributed by atoms with Crippen LogP contribution in [0.5, 0.6) is 0 Å². The summed E-state index contributed by atoms with van der Waals surface area (Å²) < 4.78 is 5.47. The lowest BCUT2D eigenvalue weighted by Gasteiger charge is -2.40. The molecule has 1 aliphatic carbocycles. The maximum Gasteiger partial charge on any atom is 0.410 e. The van der Waals surface area contributed by atoms with Crippen LogP contribution in [0.2, 0.25) is 0 Å². The van der Waals surface area contributed by atoms with Gasteiger partial charge in [-0.1, -0.05) is 0 Å². The molecule has 2 N–H and O–H groups in total. The van der Waals surface area contributed by atoms with Crippen molar-refractivity contribution in [2.24, 2.45) is 11.8 Å². The largest absolute Gasteiger partial charge is 0.444 e. The Balaban J connectivity index is 1.59. The van der Waals surface area contributed by atoms with E-state index in [0.29, 0.717) is 18.4 Å². The van der Waals surface area contributed by atoms with Gasteiger partial charge in [0.2, 0.25) is 0 Å². The summed E-state index contributed by atoms with van der Waals surface area (Å²) in [7, 11) is 0. The van der Waals surface area contributed by atoms with Crippen molar-refractivity contribution in [2.45, 2.75) is 57.3 Å². The molecule has 0 aromatic heterocycles. The van der Waals surface area contributed by atoms with Gasteiger partial charge in [0.1, 0.15) is 5.60 Å². The van der Waals surface area contributed by atoms with Gasteiger partial charge in [0.15, 0.2) is 0 Å². The van der Waals surface area contributed by atoms with Gasteiger partial charge in [0, 0.05) is 19.1 Å². The zero-order chi connectivity index (χ0) is 14.5. The number of nitrogens with one attached hydrogen (secondary N) is 1. The van der Waals surface area contributed by atoms with E-state index in [9.17, 15) is 9.90 Å². The summed E-state index contributed by atoms with van der Waals surface area (Å²) in [6.45, 7) is 8.08. The third-order valence-corrected chi connectivity index (χ3v) is 4.94. The smallest absolute Gasteiger partial charge is 0.410 e. The van der Waals surface area contributed by atoms with Crippen LogP contribution in [0.25, 0.3) is 0 Å². The molecule has 0 aromatic rings. The van der Waals surface area contributed by atoms with Crippen LogP contribution in [-0.4, -0.2) is 53.0 Å². The van der Waals surface area contributed by atoms with Crippen LogP contribution in [-0.2, 0) is 4.74 Å². The van der Waals surface area contributed by atoms with E-state index in [1.807, 2.05) is 25.7 Å². The highest BCUT2D eigenvalue weighted by molar-refractivity contribution is 5.69. The van der Waals surface area contributed by atoms with Gasteiger partial charge in [0.05, 0.1) is 5.60 Å². The number of ether oxygens (including phenoxy) is 1. The molecule has 3 heterocycles. The van der Waals surface area contributed by atoms with E-state index in [1.165, 1.54) is 0 Å². The van der Waals surface area contributed by atoms with Crippen molar-refractivity contribution in [3.63, 3.8) is 0 Å². The average molecular weight is 282 g/mol. The second-order valence-electron chi connectivity index (χ2n) is 7.71. The van der Waals surface area contributed by atoms with Crippen LogP contribution in [0, 0.1) is 11.8 Å². The molecule has 4 aliphatic rings. The lowest BCUT2D eigenvalue weighted by atomic mass is 9.68. The SMILES string of the molecule is CC(C)(C)OC(=O)N1C[C@@H]2C[C@H]1C2CC1(O)CCNC1. The maximum absolute atomic E-state index is 12.2. The Labute approximate surface area is 120 Å². The molecule has 4 fully saturated rings. The molecule has 2 unspecified atom stereocenters. The van der Waals surface area contributed by atoms with E-state index in [0.717, 1.165) is 32.4 Å². The number of rotatable bonds is 2. The van der Waals surface area contributed by atoms with Gasteiger partial charge in [0.25, 0.3) is 0 Å². The molecule has 2 bridgehead atoms. The Morgan fingerprint density at radius 2 is 2.25 bits per heavy atom. The number of hydrogen-bond acceptors (Lipinski definition) is 4. The molecule has 20 heavy (non-hydrogen) atoms. The van der Waals surface area contributed by atoms with E-state index in [-0.39, 0.29) is 12.1 Å². The van der Waals surface area contributed by atoms with Crippen molar-refractivity contribution in [3.8, 4) is 0 Å². The number of carbonyl (C=O) groups is 1. The molecular weight excluding hydrogens is 256 g/mol. The quantitative estimate of drug-likeness (QED) is 0.803. The number of nitrogens with zero attached hydrogens (tertiary/aromatic N) is 1. The maximum atomic E-state index is 12.2. The Morgan fingerprint density at radius 3 is 2.85 bits per heavy atom. The lowest BCUT2D eigenvalue weighted by molar-refractivity contribution is -0.00814. The van der Waals surface area contributed by atoms with E-state index in [2.05, 4.69) is 5.32 Å². The first-order valence-electron chi connectivity index (χ1n) is 7.70. The predicted molar refractivity (Wildman–Crippen MR) is 75.4 cm³/mol. The van der Waals surface area contributed by atoms with Gasteiger partial charge in [-0.2, -0.15) is 0 Å². The number of carbonyl (C=O) groups excluding carboxylic acids is 1. The minimum atomic E-state index is -0.564. The van der Waals surface area contributed by atoms with Crippen LogP contribution in [0.3, 0.4) is 0 Å². The second-order valence-corrected chi connectivity index (χ2v) is 7.71. The molecule has 0 spiro atoms. The third kappa shape index (κ3) is 2.53. The summed E-state index contributed by atoms with van der Waals surface area (Å²) in [4.78, 5) is 14.1. The van der Waals surface area contributed by atoms with Gasteiger partial charge in [-0.05, 0) is 58.4 Å². The fourth-order valence-electron chi connectivity index (χ4n) is 3.91. The molecule has 3 saturated heterocycles. The van der Waals surface area contributed by atoms with Crippen molar-refractivity contribution >= 4 is 6.09 Å². The number of β-amino-alcohol motifs (C(OH)–C–C–N with tert-alkyl or cyclic N) is 1. The van der Waals surface area contributed by atoms with E-state index in [1.54, 1.807) is 0 Å². The summed E-state index contributed by atoms with van der Waals surface area (Å²) >= 11 is 0. The first kappa shape index (κ1) is 14.1. The molecule has 3 aliphatic heterocycles. The minimum absolute atomic E-state index is 0.191. The van der Waals surface area contributed by atoms with Crippen molar-refractivity contribution < 1.29 is 14.6 Å². The lowest BCUT2D eigenvalue weighted by Crippen LogP contribution is -2.47. The standard InChI is InChI=1S/C15H26N2O3/c1-14(2,3)20-13(18)17-8-10-6-12(17)11(10)7-15(19)4-5-16-9-15/h10-12,16,19H,4-9H2,1-3H3/t10-,11?,12-,15?/m0/s1. The van der Waals surface area contributed by atoms with Crippen molar-refractivity contribution in [3.05, 3.63) is 0 Å². The predicted octanol–water partition coefficient (Wildman–Crippen LogP) is 1.36. The summed E-state index contributed by atoms with van der Waals surface area (Å²) in [6, 6.07) is 0.277. The van der Waals surface area contributed by atoms with E-state index in [4.69, 9.17) is 4.74 Å². The van der Waals surface area contributed by atoms with Gasteiger partial charge in [-0.15, -0.1) is 0 Å². The Hall–Kier alpha value is -0.810. The number of amides is 1. The van der Waals surface area contributed by atoms with Gasteiger partial charge in [-0.3, -0.25) is 0 Å². The summed E-state index contributed by atoms with van der Waals surface area (Å²) in [5, 5.41) is 13.7. The molecule has 5 heteroatoms. The van der Waals surface area contributed by atoms with Gasteiger partial charge < -0.3 is 20.1 Å². The van der Waals surface area contributed by atoms with E-state index < -0.39 is 11.2 Å². The highest BCUT2D eigenvalue weighted by Crippen LogP contribution is 2.50. The molecule has 5 nitrogen and oxygen atoms in total. The molecule has 4 atom stereocenters. The van der Waals surface area contributed by atoms with Crippen molar-refractivity contribution in [1.82, 2.24) is 10.2 Å². The van der Waals surface area contributed by atoms with Crippen LogP contribution in [0.15, 0.2) is 0 Å². The summed E-state index contributed by atoms with van der Waals surface area (Å²) in [5.74, 6) is 1.00. The first-order chi connectivity index (χ1) is 9.27. The fraction of sp³-hybridized carbons (Fsp3) is 0.933.